The molecule has 0 spiro atoms. The van der Waals surface area contributed by atoms with Gasteiger partial charge in [0.1, 0.15) is 5.75 Å². The highest BCUT2D eigenvalue weighted by Gasteiger charge is 2.41. The fourth-order valence-electron chi connectivity index (χ4n) is 4.82. The average Bonchev–Trinajstić information content (AvgIpc) is 2.80. The molecule has 1 fully saturated rings. The number of ether oxygens (including phenoxy) is 1. The van der Waals surface area contributed by atoms with Crippen molar-refractivity contribution in [1.82, 2.24) is 4.98 Å². The summed E-state index contributed by atoms with van der Waals surface area (Å²) in [5.41, 5.74) is 8.19. The number of halogens is 1. The number of H-pyrrole nitrogens is 1. The van der Waals surface area contributed by atoms with Gasteiger partial charge < -0.3 is 15.5 Å². The van der Waals surface area contributed by atoms with E-state index in [0.717, 1.165) is 37.5 Å². The van der Waals surface area contributed by atoms with Crippen molar-refractivity contribution < 1.29 is 4.74 Å². The lowest BCUT2D eigenvalue weighted by molar-refractivity contribution is 0.104. The van der Waals surface area contributed by atoms with Crippen molar-refractivity contribution in [2.45, 2.75) is 56.6 Å². The van der Waals surface area contributed by atoms with Crippen molar-refractivity contribution in [3.63, 3.8) is 0 Å². The maximum absolute atomic E-state index is 12.0. The van der Waals surface area contributed by atoms with E-state index in [1.54, 1.807) is 12.3 Å². The Kier molecular flexibility index (Phi) is 6.04. The predicted octanol–water partition coefficient (Wildman–Crippen LogP) is 5.05. The maximum atomic E-state index is 12.0. The number of aromatic nitrogens is 1. The zero-order valence-electron chi connectivity index (χ0n) is 17.5. The summed E-state index contributed by atoms with van der Waals surface area (Å²) in [5.74, 6) is 0.607. The van der Waals surface area contributed by atoms with Crippen LogP contribution < -0.4 is 16.0 Å². The summed E-state index contributed by atoms with van der Waals surface area (Å²) in [5, 5.41) is 10.9. The summed E-state index contributed by atoms with van der Waals surface area (Å²) in [6.07, 6.45) is 6.08. The first kappa shape index (κ1) is 21.4. The van der Waals surface area contributed by atoms with Crippen LogP contribution in [0.5, 0.6) is 5.75 Å². The number of nitrogens with one attached hydrogen (secondary N) is 1. The molecule has 0 unspecified atom stereocenters. The van der Waals surface area contributed by atoms with E-state index >= 15 is 0 Å². The van der Waals surface area contributed by atoms with E-state index in [1.165, 1.54) is 5.56 Å². The first-order valence-electron chi connectivity index (χ1n) is 10.7. The van der Waals surface area contributed by atoms with E-state index < -0.39 is 0 Å². The summed E-state index contributed by atoms with van der Waals surface area (Å²) >= 11 is 6.42. The third-order valence-electron chi connectivity index (χ3n) is 6.68. The van der Waals surface area contributed by atoms with E-state index in [4.69, 9.17) is 27.3 Å². The molecule has 3 N–H and O–H groups in total. The van der Waals surface area contributed by atoms with Crippen LogP contribution in [0.4, 0.5) is 0 Å². The number of benzene rings is 2. The van der Waals surface area contributed by atoms with Gasteiger partial charge in [0.2, 0.25) is 0 Å². The Hall–Kier alpha value is -2.81. The molecule has 0 bridgehead atoms. The second-order valence-corrected chi connectivity index (χ2v) is 8.76. The number of nitrogens with two attached hydrogens (primary N) is 1. The molecule has 2 aromatic carbocycles. The molecule has 1 atom stereocenters. The summed E-state index contributed by atoms with van der Waals surface area (Å²) in [6, 6.07) is 15.4. The number of hydrogen-bond donors (Lipinski definition) is 2. The van der Waals surface area contributed by atoms with Gasteiger partial charge >= 0.3 is 0 Å². The zero-order chi connectivity index (χ0) is 22.0. The molecule has 0 radical (unpaired) electrons. The Labute approximate surface area is 186 Å². The Bertz CT molecular complexity index is 1170. The van der Waals surface area contributed by atoms with Gasteiger partial charge in [-0.3, -0.25) is 4.79 Å². The molecular formula is C25H26ClN3O2. The predicted molar refractivity (Wildman–Crippen MR) is 124 cm³/mol. The first-order chi connectivity index (χ1) is 15.0. The molecule has 1 aliphatic carbocycles. The molecule has 1 saturated carbocycles. The molecule has 1 aromatic heterocycles. The van der Waals surface area contributed by atoms with Crippen molar-refractivity contribution in [2.75, 3.05) is 0 Å². The van der Waals surface area contributed by atoms with Gasteiger partial charge in [-0.05, 0) is 73.4 Å². The quantitative estimate of drug-likeness (QED) is 0.586. The highest BCUT2D eigenvalue weighted by molar-refractivity contribution is 6.32. The van der Waals surface area contributed by atoms with Crippen LogP contribution in [-0.2, 0) is 5.41 Å². The molecule has 4 rings (SSSR count). The molecular weight excluding hydrogens is 410 g/mol. The molecule has 0 amide bonds. The average molecular weight is 436 g/mol. The lowest BCUT2D eigenvalue weighted by atomic mass is 9.64. The number of nitriles is 1. The second-order valence-electron chi connectivity index (χ2n) is 8.35. The maximum Gasteiger partial charge on any atom is 0.255 e. The minimum Gasteiger partial charge on any atom is -0.489 e. The summed E-state index contributed by atoms with van der Waals surface area (Å²) in [6.45, 7) is 2.12. The fraction of sp³-hybridized carbons (Fsp3) is 0.360. The van der Waals surface area contributed by atoms with E-state index in [0.29, 0.717) is 21.7 Å². The van der Waals surface area contributed by atoms with Crippen LogP contribution in [0.2, 0.25) is 5.02 Å². The van der Waals surface area contributed by atoms with Crippen LogP contribution in [0.3, 0.4) is 0 Å². The molecule has 1 aliphatic rings. The SMILES string of the molecule is CC[C@@H](N)[C@]1(c2ccc(C#N)cc2)CC[C@@H](Oc2cc3cc[nH]c(=O)c3cc2Cl)CC1. The van der Waals surface area contributed by atoms with Crippen LogP contribution in [0.25, 0.3) is 10.8 Å². The Morgan fingerprint density at radius 2 is 1.97 bits per heavy atom. The van der Waals surface area contributed by atoms with Gasteiger partial charge in [0.15, 0.2) is 0 Å². The van der Waals surface area contributed by atoms with Gasteiger partial charge in [-0.1, -0.05) is 30.7 Å². The second kappa shape index (κ2) is 8.74. The van der Waals surface area contributed by atoms with Crippen LogP contribution in [0, 0.1) is 11.3 Å². The van der Waals surface area contributed by atoms with Crippen molar-refractivity contribution in [1.29, 1.82) is 5.26 Å². The molecule has 5 nitrogen and oxygen atoms in total. The zero-order valence-corrected chi connectivity index (χ0v) is 18.3. The van der Waals surface area contributed by atoms with Gasteiger partial charge in [0.25, 0.3) is 5.56 Å². The molecule has 0 saturated heterocycles. The van der Waals surface area contributed by atoms with Crippen LogP contribution in [0.1, 0.15) is 50.2 Å². The number of pyridine rings is 1. The molecule has 3 aromatic rings. The summed E-state index contributed by atoms with van der Waals surface area (Å²) < 4.78 is 6.29. The van der Waals surface area contributed by atoms with Crippen molar-refractivity contribution >= 4 is 22.4 Å². The Balaban J connectivity index is 1.55. The van der Waals surface area contributed by atoms with Crippen molar-refractivity contribution in [3.05, 3.63) is 75.2 Å². The summed E-state index contributed by atoms with van der Waals surface area (Å²) in [4.78, 5) is 14.7. The van der Waals surface area contributed by atoms with Gasteiger partial charge in [0.05, 0.1) is 22.8 Å². The number of hydrogen-bond acceptors (Lipinski definition) is 4. The van der Waals surface area contributed by atoms with Crippen LogP contribution in [0.15, 0.2) is 53.5 Å². The smallest absolute Gasteiger partial charge is 0.255 e. The largest absolute Gasteiger partial charge is 0.489 e. The highest BCUT2D eigenvalue weighted by atomic mass is 35.5. The minimum absolute atomic E-state index is 0.0347. The topological polar surface area (TPSA) is 91.9 Å². The van der Waals surface area contributed by atoms with Crippen molar-refractivity contribution in [3.8, 4) is 11.8 Å². The molecule has 1 heterocycles. The van der Waals surface area contributed by atoms with Gasteiger partial charge in [-0.25, -0.2) is 0 Å². The molecule has 6 heteroatoms. The summed E-state index contributed by atoms with van der Waals surface area (Å²) in [7, 11) is 0. The Morgan fingerprint density at radius 1 is 1.26 bits per heavy atom. The van der Waals surface area contributed by atoms with Gasteiger partial charge in [0, 0.05) is 23.0 Å². The molecule has 160 valence electrons. The molecule has 0 aliphatic heterocycles. The lowest BCUT2D eigenvalue weighted by Gasteiger charge is -2.44. The van der Waals surface area contributed by atoms with Gasteiger partial charge in [-0.15, -0.1) is 0 Å². The third-order valence-corrected chi connectivity index (χ3v) is 6.98. The number of fused-ring (bicyclic) bond motifs is 1. The van der Waals surface area contributed by atoms with Crippen molar-refractivity contribution in [2.24, 2.45) is 5.73 Å². The monoisotopic (exact) mass is 435 g/mol. The third kappa shape index (κ3) is 4.06. The van der Waals surface area contributed by atoms with E-state index in [1.807, 2.05) is 36.4 Å². The highest BCUT2D eigenvalue weighted by Crippen LogP contribution is 2.44. The number of nitrogens with zero attached hydrogens (tertiary/aromatic N) is 1. The normalized spacial score (nSPS) is 22.1. The van der Waals surface area contributed by atoms with Crippen LogP contribution >= 0.6 is 11.6 Å². The van der Waals surface area contributed by atoms with Crippen LogP contribution in [-0.4, -0.2) is 17.1 Å². The molecule has 31 heavy (non-hydrogen) atoms. The van der Waals surface area contributed by atoms with E-state index in [2.05, 4.69) is 18.0 Å². The Morgan fingerprint density at radius 3 is 2.61 bits per heavy atom. The van der Waals surface area contributed by atoms with Gasteiger partial charge in [-0.2, -0.15) is 5.26 Å². The van der Waals surface area contributed by atoms with E-state index in [-0.39, 0.29) is 23.1 Å². The lowest BCUT2D eigenvalue weighted by Crippen LogP contribution is -2.48. The standard InChI is InChI=1S/C25H26ClN3O2/c1-2-23(28)25(18-5-3-16(15-27)4-6-18)10-7-19(8-11-25)31-22-13-17-9-12-29-24(30)20(17)14-21(22)26/h3-6,9,12-14,19,23H,2,7-8,10-11,28H2,1H3,(H,29,30)/t19-,23-,25-/m1/s1. The van der Waals surface area contributed by atoms with E-state index in [9.17, 15) is 4.79 Å². The number of aromatic amines is 1. The minimum atomic E-state index is -0.163. The number of rotatable bonds is 5. The first-order valence-corrected chi connectivity index (χ1v) is 11.1. The fourth-order valence-corrected chi connectivity index (χ4v) is 5.03.